The largest absolute Gasteiger partial charge is 0.393 e. The second-order valence-electron chi connectivity index (χ2n) is 3.84. The molecular formula is C11H22N2OS. The SMILES string of the molecule is CCCCC(=O)N(CC)CC(C)C(N)=S. The van der Waals surface area contributed by atoms with Gasteiger partial charge in [-0.3, -0.25) is 4.79 Å². The molecule has 0 bridgehead atoms. The maximum absolute atomic E-state index is 11.7. The molecule has 1 atom stereocenters. The summed E-state index contributed by atoms with van der Waals surface area (Å²) in [5, 5.41) is 0. The first-order valence-electron chi connectivity index (χ1n) is 5.60. The van der Waals surface area contributed by atoms with Crippen molar-refractivity contribution >= 4 is 23.1 Å². The summed E-state index contributed by atoms with van der Waals surface area (Å²) in [6.45, 7) is 7.40. The van der Waals surface area contributed by atoms with E-state index in [0.717, 1.165) is 19.4 Å². The minimum atomic E-state index is 0.102. The molecule has 4 heteroatoms. The smallest absolute Gasteiger partial charge is 0.222 e. The van der Waals surface area contributed by atoms with Crippen LogP contribution in [0, 0.1) is 5.92 Å². The number of hydrogen-bond donors (Lipinski definition) is 1. The lowest BCUT2D eigenvalue weighted by Gasteiger charge is -2.24. The Morgan fingerprint density at radius 2 is 2.07 bits per heavy atom. The van der Waals surface area contributed by atoms with Crippen molar-refractivity contribution < 1.29 is 4.79 Å². The van der Waals surface area contributed by atoms with E-state index >= 15 is 0 Å². The maximum atomic E-state index is 11.7. The van der Waals surface area contributed by atoms with Gasteiger partial charge in [-0.1, -0.05) is 32.5 Å². The van der Waals surface area contributed by atoms with E-state index in [1.165, 1.54) is 0 Å². The molecule has 0 aliphatic heterocycles. The number of nitrogens with two attached hydrogens (primary N) is 1. The average molecular weight is 230 g/mol. The summed E-state index contributed by atoms with van der Waals surface area (Å²) in [4.78, 5) is 14.0. The van der Waals surface area contributed by atoms with Crippen molar-refractivity contribution in [2.45, 2.75) is 40.0 Å². The monoisotopic (exact) mass is 230 g/mol. The highest BCUT2D eigenvalue weighted by atomic mass is 32.1. The third kappa shape index (κ3) is 5.72. The Labute approximate surface area is 98.0 Å². The van der Waals surface area contributed by atoms with Crippen LogP contribution in [0.3, 0.4) is 0 Å². The lowest BCUT2D eigenvalue weighted by Crippen LogP contribution is -2.38. The summed E-state index contributed by atoms with van der Waals surface area (Å²) >= 11 is 4.90. The van der Waals surface area contributed by atoms with Crippen molar-refractivity contribution in [3.63, 3.8) is 0 Å². The van der Waals surface area contributed by atoms with Crippen molar-refractivity contribution in [2.24, 2.45) is 11.7 Å². The first kappa shape index (κ1) is 14.4. The summed E-state index contributed by atoms with van der Waals surface area (Å²) < 4.78 is 0. The van der Waals surface area contributed by atoms with Gasteiger partial charge >= 0.3 is 0 Å². The summed E-state index contributed by atoms with van der Waals surface area (Å²) in [5.41, 5.74) is 5.53. The van der Waals surface area contributed by atoms with E-state index in [9.17, 15) is 4.79 Å². The number of carbonyl (C=O) groups is 1. The molecule has 0 fully saturated rings. The summed E-state index contributed by atoms with van der Waals surface area (Å²) in [6.07, 6.45) is 2.64. The third-order valence-corrected chi connectivity index (χ3v) is 2.86. The zero-order chi connectivity index (χ0) is 11.8. The molecule has 0 aromatic carbocycles. The summed E-state index contributed by atoms with van der Waals surface area (Å²) in [7, 11) is 0. The van der Waals surface area contributed by atoms with Gasteiger partial charge in [0.05, 0.1) is 4.99 Å². The van der Waals surface area contributed by atoms with Gasteiger partial charge in [-0.05, 0) is 13.3 Å². The minimum Gasteiger partial charge on any atom is -0.393 e. The molecule has 0 heterocycles. The Morgan fingerprint density at radius 1 is 1.47 bits per heavy atom. The van der Waals surface area contributed by atoms with Crippen LogP contribution >= 0.6 is 12.2 Å². The van der Waals surface area contributed by atoms with Crippen LogP contribution in [0.2, 0.25) is 0 Å². The highest BCUT2D eigenvalue weighted by Crippen LogP contribution is 2.05. The second-order valence-corrected chi connectivity index (χ2v) is 4.31. The van der Waals surface area contributed by atoms with Crippen molar-refractivity contribution in [1.82, 2.24) is 4.90 Å². The zero-order valence-corrected chi connectivity index (χ0v) is 10.8. The van der Waals surface area contributed by atoms with Crippen LogP contribution in [0.4, 0.5) is 0 Å². The quantitative estimate of drug-likeness (QED) is 0.680. The van der Waals surface area contributed by atoms with Crippen LogP contribution in [0.1, 0.15) is 40.0 Å². The molecule has 2 N–H and O–H groups in total. The molecule has 0 aliphatic carbocycles. The van der Waals surface area contributed by atoms with E-state index in [1.807, 2.05) is 18.7 Å². The van der Waals surface area contributed by atoms with Gasteiger partial charge < -0.3 is 10.6 Å². The summed E-state index contributed by atoms with van der Waals surface area (Å²) in [5.74, 6) is 0.313. The predicted molar refractivity (Wildman–Crippen MR) is 67.7 cm³/mol. The number of rotatable bonds is 7. The standard InChI is InChI=1S/C11H22N2OS/c1-4-6-7-10(14)13(5-2)8-9(3)11(12)15/h9H,4-8H2,1-3H3,(H2,12,15). The Bertz CT molecular complexity index is 219. The normalized spacial score (nSPS) is 12.2. The molecule has 1 amide bonds. The average Bonchev–Trinajstić information content (AvgIpc) is 2.21. The number of amides is 1. The predicted octanol–water partition coefficient (Wildman–Crippen LogP) is 1.95. The van der Waals surface area contributed by atoms with Crippen molar-refractivity contribution in [3.8, 4) is 0 Å². The fourth-order valence-electron chi connectivity index (χ4n) is 1.31. The molecule has 88 valence electrons. The Morgan fingerprint density at radius 3 is 2.47 bits per heavy atom. The van der Waals surface area contributed by atoms with Gasteiger partial charge in [0.15, 0.2) is 0 Å². The van der Waals surface area contributed by atoms with Gasteiger partial charge in [0.1, 0.15) is 0 Å². The lowest BCUT2D eigenvalue weighted by molar-refractivity contribution is -0.131. The highest BCUT2D eigenvalue weighted by molar-refractivity contribution is 7.80. The van der Waals surface area contributed by atoms with Crippen molar-refractivity contribution in [2.75, 3.05) is 13.1 Å². The van der Waals surface area contributed by atoms with E-state index in [4.69, 9.17) is 18.0 Å². The molecule has 3 nitrogen and oxygen atoms in total. The molecule has 0 spiro atoms. The van der Waals surface area contributed by atoms with E-state index in [2.05, 4.69) is 6.92 Å². The fourth-order valence-corrected chi connectivity index (χ4v) is 1.39. The fraction of sp³-hybridized carbons (Fsp3) is 0.818. The molecule has 0 rings (SSSR count). The van der Waals surface area contributed by atoms with Crippen LogP contribution < -0.4 is 5.73 Å². The Hall–Kier alpha value is -0.640. The first-order valence-corrected chi connectivity index (χ1v) is 6.00. The number of unbranched alkanes of at least 4 members (excludes halogenated alkanes) is 1. The number of hydrogen-bond acceptors (Lipinski definition) is 2. The lowest BCUT2D eigenvalue weighted by atomic mass is 10.1. The molecule has 0 radical (unpaired) electrons. The molecule has 0 aromatic rings. The second kappa shape index (κ2) is 7.63. The van der Waals surface area contributed by atoms with E-state index in [1.54, 1.807) is 0 Å². The number of carbonyl (C=O) groups excluding carboxylic acids is 1. The van der Waals surface area contributed by atoms with Gasteiger partial charge in [-0.25, -0.2) is 0 Å². The molecule has 15 heavy (non-hydrogen) atoms. The van der Waals surface area contributed by atoms with Crippen molar-refractivity contribution in [1.29, 1.82) is 0 Å². The van der Waals surface area contributed by atoms with Crippen LogP contribution in [0.5, 0.6) is 0 Å². The molecule has 0 saturated heterocycles. The molecular weight excluding hydrogens is 208 g/mol. The highest BCUT2D eigenvalue weighted by Gasteiger charge is 2.15. The van der Waals surface area contributed by atoms with Gasteiger partial charge in [0, 0.05) is 25.4 Å². The van der Waals surface area contributed by atoms with Gasteiger partial charge in [-0.2, -0.15) is 0 Å². The Balaban J connectivity index is 4.11. The zero-order valence-electron chi connectivity index (χ0n) is 9.95. The molecule has 0 saturated carbocycles. The van der Waals surface area contributed by atoms with Crippen molar-refractivity contribution in [3.05, 3.63) is 0 Å². The maximum Gasteiger partial charge on any atom is 0.222 e. The molecule has 0 aliphatic rings. The third-order valence-electron chi connectivity index (χ3n) is 2.46. The molecule has 0 aromatic heterocycles. The van der Waals surface area contributed by atoms with Gasteiger partial charge in [0.2, 0.25) is 5.91 Å². The van der Waals surface area contributed by atoms with Crippen LogP contribution in [0.15, 0.2) is 0 Å². The van der Waals surface area contributed by atoms with E-state index in [0.29, 0.717) is 18.0 Å². The van der Waals surface area contributed by atoms with Crippen LogP contribution in [0.25, 0.3) is 0 Å². The topological polar surface area (TPSA) is 46.3 Å². The van der Waals surface area contributed by atoms with Gasteiger partial charge in [0.25, 0.3) is 0 Å². The number of nitrogens with zero attached hydrogens (tertiary/aromatic N) is 1. The van der Waals surface area contributed by atoms with Gasteiger partial charge in [-0.15, -0.1) is 0 Å². The first-order chi connectivity index (χ1) is 7.02. The number of thiocarbonyl (C=S) groups is 1. The Kier molecular flexibility index (Phi) is 7.30. The van der Waals surface area contributed by atoms with Crippen LogP contribution in [-0.2, 0) is 4.79 Å². The summed E-state index contributed by atoms with van der Waals surface area (Å²) in [6, 6.07) is 0. The van der Waals surface area contributed by atoms with Crippen LogP contribution in [-0.4, -0.2) is 28.9 Å². The molecule has 1 unspecified atom stereocenters. The minimum absolute atomic E-state index is 0.102. The van der Waals surface area contributed by atoms with E-state index in [-0.39, 0.29) is 11.8 Å². The van der Waals surface area contributed by atoms with E-state index < -0.39 is 0 Å².